The van der Waals surface area contributed by atoms with Crippen molar-refractivity contribution in [1.82, 2.24) is 15.4 Å². The molecule has 0 atom stereocenters. The highest BCUT2D eigenvalue weighted by Gasteiger charge is 2.18. The minimum absolute atomic E-state index is 0.00202. The number of hydrogen-bond acceptors (Lipinski definition) is 6. The summed E-state index contributed by atoms with van der Waals surface area (Å²) < 4.78 is 10.2. The highest BCUT2D eigenvalue weighted by Crippen LogP contribution is 2.29. The maximum atomic E-state index is 11.3. The molecule has 0 fully saturated rings. The van der Waals surface area contributed by atoms with Gasteiger partial charge >= 0.3 is 5.97 Å². The van der Waals surface area contributed by atoms with E-state index in [0.717, 1.165) is 0 Å². The van der Waals surface area contributed by atoms with Crippen LogP contribution in [0.4, 0.5) is 0 Å². The van der Waals surface area contributed by atoms with Gasteiger partial charge in [-0.15, -0.1) is 0 Å². The number of aromatic amines is 1. The number of aromatic nitrogens is 3. The zero-order valence-corrected chi connectivity index (χ0v) is 11.3. The third-order valence-corrected chi connectivity index (χ3v) is 2.57. The molecule has 0 aliphatic carbocycles. The van der Waals surface area contributed by atoms with Crippen LogP contribution >= 0.6 is 0 Å². The Bertz CT molecular complexity index is 653. The molecule has 0 aliphatic heterocycles. The molecule has 1 heterocycles. The van der Waals surface area contributed by atoms with Gasteiger partial charge in [-0.1, -0.05) is 12.1 Å². The quantitative estimate of drug-likeness (QED) is 0.748. The molecular weight excluding hydrogens is 276 g/mol. The molecule has 0 saturated carbocycles. The summed E-state index contributed by atoms with van der Waals surface area (Å²) in [6, 6.07) is 6.80. The van der Waals surface area contributed by atoms with Gasteiger partial charge in [0.15, 0.2) is 12.3 Å². The number of rotatable bonds is 6. The summed E-state index contributed by atoms with van der Waals surface area (Å²) >= 11 is 0. The number of amides is 1. The summed E-state index contributed by atoms with van der Waals surface area (Å²) in [6.45, 7) is 1.74. The predicted molar refractivity (Wildman–Crippen MR) is 72.5 cm³/mol. The highest BCUT2D eigenvalue weighted by molar-refractivity contribution is 5.97. The molecule has 2 rings (SSSR count). The lowest BCUT2D eigenvalue weighted by molar-refractivity contribution is -0.145. The molecule has 2 aromatic rings. The fourth-order valence-electron chi connectivity index (χ4n) is 1.72. The van der Waals surface area contributed by atoms with E-state index >= 15 is 0 Å². The fraction of sp³-hybridized carbons (Fsp3) is 0.231. The zero-order chi connectivity index (χ0) is 15.2. The van der Waals surface area contributed by atoms with E-state index in [1.165, 1.54) is 0 Å². The van der Waals surface area contributed by atoms with Gasteiger partial charge in [-0.2, -0.15) is 15.4 Å². The smallest absolute Gasteiger partial charge is 0.344 e. The summed E-state index contributed by atoms with van der Waals surface area (Å²) in [5.74, 6) is -0.816. The van der Waals surface area contributed by atoms with Crippen molar-refractivity contribution in [2.75, 3.05) is 13.2 Å². The van der Waals surface area contributed by atoms with Crippen molar-refractivity contribution >= 4 is 11.9 Å². The lowest BCUT2D eigenvalue weighted by Crippen LogP contribution is -2.15. The summed E-state index contributed by atoms with van der Waals surface area (Å²) in [5, 5.41) is 9.94. The van der Waals surface area contributed by atoms with Crippen molar-refractivity contribution in [1.29, 1.82) is 0 Å². The number of nitrogens with two attached hydrogens (primary N) is 1. The molecule has 3 N–H and O–H groups in total. The number of para-hydroxylation sites is 1. The average Bonchev–Trinajstić information content (AvgIpc) is 2.95. The normalized spacial score (nSPS) is 10.1. The number of H-pyrrole nitrogens is 1. The average molecular weight is 290 g/mol. The number of carbonyl (C=O) groups excluding carboxylic acids is 2. The molecule has 0 aliphatic rings. The third kappa shape index (κ3) is 3.35. The highest BCUT2D eigenvalue weighted by atomic mass is 16.6. The number of nitrogens with one attached hydrogen (secondary N) is 1. The number of carbonyl (C=O) groups is 2. The second kappa shape index (κ2) is 6.51. The Hall–Kier alpha value is -2.90. The summed E-state index contributed by atoms with van der Waals surface area (Å²) in [7, 11) is 0. The van der Waals surface area contributed by atoms with Gasteiger partial charge in [-0.05, 0) is 19.1 Å². The first-order valence-electron chi connectivity index (χ1n) is 6.21. The summed E-state index contributed by atoms with van der Waals surface area (Å²) in [5.41, 5.74) is 6.00. The fourth-order valence-corrected chi connectivity index (χ4v) is 1.72. The van der Waals surface area contributed by atoms with E-state index in [4.69, 9.17) is 15.2 Å². The standard InChI is InChI=1S/C13H14N4O4/c1-2-20-10(18)7-21-9-6-4-3-5-8(9)11-12(13(14)19)16-17-15-11/h3-6H,2,7H2,1H3,(H2,14,19)(H,15,16,17). The van der Waals surface area contributed by atoms with Crippen molar-refractivity contribution in [2.24, 2.45) is 5.73 Å². The van der Waals surface area contributed by atoms with Crippen molar-refractivity contribution in [2.45, 2.75) is 6.92 Å². The van der Waals surface area contributed by atoms with Crippen molar-refractivity contribution in [3.05, 3.63) is 30.0 Å². The Balaban J connectivity index is 2.26. The van der Waals surface area contributed by atoms with E-state index in [9.17, 15) is 9.59 Å². The maximum Gasteiger partial charge on any atom is 0.344 e. The predicted octanol–water partition coefficient (Wildman–Crippen LogP) is 0.512. The SMILES string of the molecule is CCOC(=O)COc1ccccc1-c1n[nH]nc1C(N)=O. The topological polar surface area (TPSA) is 120 Å². The minimum Gasteiger partial charge on any atom is -0.481 e. The minimum atomic E-state index is -0.709. The Kier molecular flexibility index (Phi) is 4.50. The molecule has 1 aromatic heterocycles. The summed E-state index contributed by atoms with van der Waals surface area (Å²) in [6.07, 6.45) is 0. The van der Waals surface area contributed by atoms with Crippen LogP contribution in [0.2, 0.25) is 0 Å². The lowest BCUT2D eigenvalue weighted by atomic mass is 10.1. The molecule has 0 bridgehead atoms. The van der Waals surface area contributed by atoms with Gasteiger partial charge in [0.05, 0.1) is 6.61 Å². The van der Waals surface area contributed by atoms with Gasteiger partial charge in [0.2, 0.25) is 0 Å². The number of benzene rings is 1. The Labute approximate surface area is 120 Å². The second-order valence-corrected chi connectivity index (χ2v) is 3.97. The zero-order valence-electron chi connectivity index (χ0n) is 11.3. The van der Waals surface area contributed by atoms with Crippen LogP contribution in [0.25, 0.3) is 11.3 Å². The van der Waals surface area contributed by atoms with Crippen LogP contribution in [0, 0.1) is 0 Å². The first-order chi connectivity index (χ1) is 10.1. The van der Waals surface area contributed by atoms with Crippen LogP contribution in [0.1, 0.15) is 17.4 Å². The van der Waals surface area contributed by atoms with E-state index in [1.807, 2.05) is 0 Å². The molecule has 0 unspecified atom stereocenters. The molecule has 0 spiro atoms. The number of ether oxygens (including phenoxy) is 2. The van der Waals surface area contributed by atoms with Gasteiger partial charge in [0, 0.05) is 5.56 Å². The number of nitrogens with zero attached hydrogens (tertiary/aromatic N) is 2. The first kappa shape index (κ1) is 14.5. The van der Waals surface area contributed by atoms with Crippen molar-refractivity contribution < 1.29 is 19.1 Å². The van der Waals surface area contributed by atoms with Gasteiger partial charge < -0.3 is 15.2 Å². The molecular formula is C13H14N4O4. The second-order valence-electron chi connectivity index (χ2n) is 3.97. The van der Waals surface area contributed by atoms with Crippen LogP contribution in [0.3, 0.4) is 0 Å². The van der Waals surface area contributed by atoms with E-state index in [1.54, 1.807) is 31.2 Å². The molecule has 8 heteroatoms. The van der Waals surface area contributed by atoms with Crippen LogP contribution < -0.4 is 10.5 Å². The molecule has 0 radical (unpaired) electrons. The Morgan fingerprint density at radius 2 is 2.05 bits per heavy atom. The molecule has 21 heavy (non-hydrogen) atoms. The van der Waals surface area contributed by atoms with E-state index in [2.05, 4.69) is 15.4 Å². The van der Waals surface area contributed by atoms with Crippen LogP contribution in [-0.2, 0) is 9.53 Å². The van der Waals surface area contributed by atoms with Gasteiger partial charge in [-0.3, -0.25) is 4.79 Å². The monoisotopic (exact) mass is 290 g/mol. The van der Waals surface area contributed by atoms with Crippen LogP contribution in [-0.4, -0.2) is 40.5 Å². The number of primary amides is 1. The Morgan fingerprint density at radius 3 is 2.76 bits per heavy atom. The number of esters is 1. The third-order valence-electron chi connectivity index (χ3n) is 2.57. The van der Waals surface area contributed by atoms with E-state index in [0.29, 0.717) is 11.3 Å². The van der Waals surface area contributed by atoms with E-state index in [-0.39, 0.29) is 24.6 Å². The maximum absolute atomic E-state index is 11.3. The van der Waals surface area contributed by atoms with Gasteiger partial charge in [0.1, 0.15) is 11.4 Å². The van der Waals surface area contributed by atoms with Gasteiger partial charge in [0.25, 0.3) is 5.91 Å². The number of hydrogen-bond donors (Lipinski definition) is 2. The van der Waals surface area contributed by atoms with Crippen molar-refractivity contribution in [3.63, 3.8) is 0 Å². The van der Waals surface area contributed by atoms with Crippen LogP contribution in [0.5, 0.6) is 5.75 Å². The van der Waals surface area contributed by atoms with E-state index < -0.39 is 11.9 Å². The molecule has 1 amide bonds. The lowest BCUT2D eigenvalue weighted by Gasteiger charge is -2.09. The largest absolute Gasteiger partial charge is 0.481 e. The summed E-state index contributed by atoms with van der Waals surface area (Å²) in [4.78, 5) is 22.6. The van der Waals surface area contributed by atoms with Gasteiger partial charge in [-0.25, -0.2) is 4.79 Å². The van der Waals surface area contributed by atoms with Crippen molar-refractivity contribution in [3.8, 4) is 17.0 Å². The molecule has 8 nitrogen and oxygen atoms in total. The van der Waals surface area contributed by atoms with Crippen LogP contribution in [0.15, 0.2) is 24.3 Å². The molecule has 1 aromatic carbocycles. The molecule has 110 valence electrons. The molecule has 0 saturated heterocycles. The Morgan fingerprint density at radius 1 is 1.29 bits per heavy atom. The first-order valence-corrected chi connectivity index (χ1v) is 6.21.